The van der Waals surface area contributed by atoms with Crippen molar-refractivity contribution in [1.29, 1.82) is 0 Å². The molecule has 2 unspecified atom stereocenters. The molecule has 0 radical (unpaired) electrons. The van der Waals surface area contributed by atoms with Gasteiger partial charge in [0, 0.05) is 6.54 Å². The highest BCUT2D eigenvalue weighted by molar-refractivity contribution is 5.20. The summed E-state index contributed by atoms with van der Waals surface area (Å²) in [6.45, 7) is 7.01. The Kier molecular flexibility index (Phi) is 3.42. The average Bonchev–Trinajstić information content (AvgIpc) is 2.30. The second-order valence-corrected chi connectivity index (χ2v) is 5.01. The molecular formula is C14H21N. The summed E-state index contributed by atoms with van der Waals surface area (Å²) in [5.74, 6) is 2.35. The second-order valence-electron chi connectivity index (χ2n) is 5.01. The van der Waals surface area contributed by atoms with Crippen molar-refractivity contribution in [3.05, 3.63) is 35.9 Å². The third kappa shape index (κ3) is 2.60. The molecule has 1 heteroatoms. The number of benzene rings is 1. The molecule has 0 saturated carbocycles. The molecule has 0 aromatic heterocycles. The summed E-state index contributed by atoms with van der Waals surface area (Å²) in [5.41, 5.74) is 1.50. The standard InChI is InChI=1S/C14H21N/c1-11(2)13-8-14(10-15-9-13)12-6-4-3-5-7-12/h3-7,11,13-15H,8-10H2,1-2H3. The molecule has 0 amide bonds. The Bertz CT molecular complexity index is 291. The van der Waals surface area contributed by atoms with Gasteiger partial charge in [-0.2, -0.15) is 0 Å². The molecule has 1 heterocycles. The summed E-state index contributed by atoms with van der Waals surface area (Å²) in [6.07, 6.45) is 1.34. The lowest BCUT2D eigenvalue weighted by Gasteiger charge is -2.32. The van der Waals surface area contributed by atoms with E-state index in [-0.39, 0.29) is 0 Å². The quantitative estimate of drug-likeness (QED) is 0.779. The smallest absolute Gasteiger partial charge is 0.00203 e. The Morgan fingerprint density at radius 3 is 2.53 bits per heavy atom. The van der Waals surface area contributed by atoms with E-state index in [0.717, 1.165) is 18.4 Å². The topological polar surface area (TPSA) is 12.0 Å². The minimum absolute atomic E-state index is 0.715. The van der Waals surface area contributed by atoms with Crippen LogP contribution in [0.4, 0.5) is 0 Å². The lowest BCUT2D eigenvalue weighted by molar-refractivity contribution is 0.272. The molecule has 1 aliphatic rings. The molecule has 2 rings (SSSR count). The molecule has 2 atom stereocenters. The lowest BCUT2D eigenvalue weighted by atomic mass is 9.80. The molecule has 0 aliphatic carbocycles. The van der Waals surface area contributed by atoms with Crippen LogP contribution in [-0.2, 0) is 0 Å². The van der Waals surface area contributed by atoms with E-state index in [1.807, 2.05) is 0 Å². The van der Waals surface area contributed by atoms with Gasteiger partial charge < -0.3 is 5.32 Å². The predicted molar refractivity (Wildman–Crippen MR) is 65.0 cm³/mol. The van der Waals surface area contributed by atoms with Crippen LogP contribution < -0.4 is 5.32 Å². The van der Waals surface area contributed by atoms with Crippen molar-refractivity contribution >= 4 is 0 Å². The Morgan fingerprint density at radius 2 is 1.87 bits per heavy atom. The number of hydrogen-bond donors (Lipinski definition) is 1. The van der Waals surface area contributed by atoms with Crippen molar-refractivity contribution < 1.29 is 0 Å². The summed E-state index contributed by atoms with van der Waals surface area (Å²) in [4.78, 5) is 0. The lowest BCUT2D eigenvalue weighted by Crippen LogP contribution is -2.37. The summed E-state index contributed by atoms with van der Waals surface area (Å²) >= 11 is 0. The van der Waals surface area contributed by atoms with E-state index in [4.69, 9.17) is 0 Å². The van der Waals surface area contributed by atoms with Crippen LogP contribution in [0.15, 0.2) is 30.3 Å². The molecule has 0 bridgehead atoms. The minimum Gasteiger partial charge on any atom is -0.316 e. The maximum Gasteiger partial charge on any atom is 0.00203 e. The van der Waals surface area contributed by atoms with E-state index >= 15 is 0 Å². The Labute approximate surface area is 92.9 Å². The van der Waals surface area contributed by atoms with Crippen molar-refractivity contribution in [1.82, 2.24) is 5.32 Å². The molecular weight excluding hydrogens is 182 g/mol. The van der Waals surface area contributed by atoms with E-state index < -0.39 is 0 Å². The predicted octanol–water partition coefficient (Wildman–Crippen LogP) is 3.04. The van der Waals surface area contributed by atoms with Crippen molar-refractivity contribution in [2.75, 3.05) is 13.1 Å². The van der Waals surface area contributed by atoms with Gasteiger partial charge in [-0.25, -0.2) is 0 Å². The van der Waals surface area contributed by atoms with Gasteiger partial charge >= 0.3 is 0 Å². The van der Waals surface area contributed by atoms with Gasteiger partial charge in [-0.3, -0.25) is 0 Å². The number of piperidine rings is 1. The van der Waals surface area contributed by atoms with Crippen molar-refractivity contribution in [3.8, 4) is 0 Å². The summed E-state index contributed by atoms with van der Waals surface area (Å²) in [7, 11) is 0. The molecule has 1 fully saturated rings. The van der Waals surface area contributed by atoms with E-state index in [9.17, 15) is 0 Å². The fourth-order valence-electron chi connectivity index (χ4n) is 2.46. The Hall–Kier alpha value is -0.820. The van der Waals surface area contributed by atoms with Gasteiger partial charge in [-0.05, 0) is 36.3 Å². The Balaban J connectivity index is 2.05. The average molecular weight is 203 g/mol. The summed E-state index contributed by atoms with van der Waals surface area (Å²) < 4.78 is 0. The summed E-state index contributed by atoms with van der Waals surface area (Å²) in [6, 6.07) is 10.9. The van der Waals surface area contributed by atoms with Crippen LogP contribution >= 0.6 is 0 Å². The van der Waals surface area contributed by atoms with Gasteiger partial charge in [-0.15, -0.1) is 0 Å². The number of rotatable bonds is 2. The molecule has 0 spiro atoms. The minimum atomic E-state index is 0.715. The van der Waals surface area contributed by atoms with Gasteiger partial charge in [0.2, 0.25) is 0 Å². The van der Waals surface area contributed by atoms with Gasteiger partial charge in [-0.1, -0.05) is 44.2 Å². The third-order valence-corrected chi connectivity index (χ3v) is 3.60. The summed E-state index contributed by atoms with van der Waals surface area (Å²) in [5, 5.41) is 3.56. The highest BCUT2D eigenvalue weighted by Gasteiger charge is 2.24. The largest absolute Gasteiger partial charge is 0.316 e. The first-order chi connectivity index (χ1) is 7.27. The molecule has 1 aromatic carbocycles. The van der Waals surface area contributed by atoms with E-state index in [0.29, 0.717) is 5.92 Å². The first-order valence-electron chi connectivity index (χ1n) is 6.03. The van der Waals surface area contributed by atoms with Crippen LogP contribution in [0.2, 0.25) is 0 Å². The first kappa shape index (κ1) is 10.7. The zero-order valence-electron chi connectivity index (χ0n) is 9.74. The van der Waals surface area contributed by atoms with E-state index in [1.54, 1.807) is 0 Å². The van der Waals surface area contributed by atoms with E-state index in [2.05, 4.69) is 49.5 Å². The van der Waals surface area contributed by atoms with Gasteiger partial charge in [0.1, 0.15) is 0 Å². The zero-order valence-corrected chi connectivity index (χ0v) is 9.74. The maximum atomic E-state index is 3.56. The Morgan fingerprint density at radius 1 is 1.13 bits per heavy atom. The number of nitrogens with one attached hydrogen (secondary N) is 1. The fourth-order valence-corrected chi connectivity index (χ4v) is 2.46. The van der Waals surface area contributed by atoms with Crippen molar-refractivity contribution in [2.45, 2.75) is 26.2 Å². The molecule has 1 saturated heterocycles. The molecule has 1 nitrogen and oxygen atoms in total. The van der Waals surface area contributed by atoms with Crippen LogP contribution in [-0.4, -0.2) is 13.1 Å². The highest BCUT2D eigenvalue weighted by atomic mass is 14.9. The van der Waals surface area contributed by atoms with Crippen molar-refractivity contribution in [2.24, 2.45) is 11.8 Å². The monoisotopic (exact) mass is 203 g/mol. The molecule has 82 valence electrons. The van der Waals surface area contributed by atoms with E-state index in [1.165, 1.54) is 18.5 Å². The SMILES string of the molecule is CC(C)C1CNCC(c2ccccc2)C1. The van der Waals surface area contributed by atoms with Gasteiger partial charge in [0.05, 0.1) is 0 Å². The van der Waals surface area contributed by atoms with Crippen LogP contribution in [0.25, 0.3) is 0 Å². The highest BCUT2D eigenvalue weighted by Crippen LogP contribution is 2.29. The molecule has 1 aromatic rings. The second kappa shape index (κ2) is 4.80. The van der Waals surface area contributed by atoms with Crippen LogP contribution in [0.1, 0.15) is 31.7 Å². The molecule has 1 aliphatic heterocycles. The maximum absolute atomic E-state index is 3.56. The van der Waals surface area contributed by atoms with Crippen LogP contribution in [0.3, 0.4) is 0 Å². The normalized spacial score (nSPS) is 26.9. The third-order valence-electron chi connectivity index (χ3n) is 3.60. The van der Waals surface area contributed by atoms with Crippen LogP contribution in [0.5, 0.6) is 0 Å². The van der Waals surface area contributed by atoms with Crippen molar-refractivity contribution in [3.63, 3.8) is 0 Å². The molecule has 1 N–H and O–H groups in total. The van der Waals surface area contributed by atoms with Gasteiger partial charge in [0.15, 0.2) is 0 Å². The zero-order chi connectivity index (χ0) is 10.7. The fraction of sp³-hybridized carbons (Fsp3) is 0.571. The molecule has 15 heavy (non-hydrogen) atoms. The van der Waals surface area contributed by atoms with Gasteiger partial charge in [0.25, 0.3) is 0 Å². The van der Waals surface area contributed by atoms with Crippen LogP contribution in [0, 0.1) is 11.8 Å². The first-order valence-corrected chi connectivity index (χ1v) is 6.03. The number of hydrogen-bond acceptors (Lipinski definition) is 1.